The Kier molecular flexibility index (Phi) is 3.82. The zero-order valence-corrected chi connectivity index (χ0v) is 11.3. The first-order valence-electron chi connectivity index (χ1n) is 7.20. The molecule has 0 saturated heterocycles. The molecule has 1 N–H and O–H groups in total. The van der Waals surface area contributed by atoms with Crippen LogP contribution >= 0.6 is 11.3 Å². The van der Waals surface area contributed by atoms with Crippen LogP contribution in [0.4, 0.5) is 0 Å². The number of hydrogen-bond acceptors (Lipinski definition) is 2. The predicted molar refractivity (Wildman–Crippen MR) is 74.4 cm³/mol. The summed E-state index contributed by atoms with van der Waals surface area (Å²) in [6.07, 6.45) is 10.1. The highest BCUT2D eigenvalue weighted by atomic mass is 32.1. The van der Waals surface area contributed by atoms with Gasteiger partial charge >= 0.3 is 0 Å². The van der Waals surface area contributed by atoms with Gasteiger partial charge in [0.05, 0.1) is 0 Å². The molecule has 0 aliphatic heterocycles. The second-order valence-corrected chi connectivity index (χ2v) is 6.72. The molecule has 1 unspecified atom stereocenters. The number of hydrogen-bond donors (Lipinski definition) is 1. The largest absolute Gasteiger partial charge is 0.309 e. The van der Waals surface area contributed by atoms with E-state index in [1.807, 2.05) is 11.3 Å². The summed E-state index contributed by atoms with van der Waals surface area (Å²) in [4.78, 5) is 1.56. The maximum absolute atomic E-state index is 3.86. The molecule has 2 saturated carbocycles. The summed E-state index contributed by atoms with van der Waals surface area (Å²) in [7, 11) is 0. The third kappa shape index (κ3) is 3.11. The molecule has 2 fully saturated rings. The van der Waals surface area contributed by atoms with E-state index in [1.165, 1.54) is 51.5 Å². The SMILES string of the molecule is c1csc(C(NCC2CCCCC2)C2CC2)c1. The Labute approximate surface area is 109 Å². The van der Waals surface area contributed by atoms with Gasteiger partial charge in [-0.3, -0.25) is 0 Å². The summed E-state index contributed by atoms with van der Waals surface area (Å²) in [5.74, 6) is 1.88. The molecule has 0 amide bonds. The van der Waals surface area contributed by atoms with E-state index >= 15 is 0 Å². The molecular formula is C15H23NS. The number of thiophene rings is 1. The van der Waals surface area contributed by atoms with Gasteiger partial charge in [-0.1, -0.05) is 25.3 Å². The summed E-state index contributed by atoms with van der Waals surface area (Å²) in [5, 5.41) is 6.08. The zero-order valence-electron chi connectivity index (χ0n) is 10.5. The quantitative estimate of drug-likeness (QED) is 0.817. The van der Waals surface area contributed by atoms with Crippen molar-refractivity contribution < 1.29 is 0 Å². The Morgan fingerprint density at radius 1 is 1.18 bits per heavy atom. The van der Waals surface area contributed by atoms with Gasteiger partial charge in [0.15, 0.2) is 0 Å². The smallest absolute Gasteiger partial charge is 0.0443 e. The van der Waals surface area contributed by atoms with Gasteiger partial charge in [-0.25, -0.2) is 0 Å². The average Bonchev–Trinajstić information content (AvgIpc) is 3.06. The molecule has 2 aliphatic rings. The summed E-state index contributed by atoms with van der Waals surface area (Å²) in [6.45, 7) is 1.25. The average molecular weight is 249 g/mol. The molecular weight excluding hydrogens is 226 g/mol. The number of rotatable bonds is 5. The fourth-order valence-corrected chi connectivity index (χ4v) is 3.98. The maximum atomic E-state index is 3.86. The second-order valence-electron chi connectivity index (χ2n) is 5.74. The van der Waals surface area contributed by atoms with Crippen LogP contribution in [-0.4, -0.2) is 6.54 Å². The summed E-state index contributed by atoms with van der Waals surface area (Å²) >= 11 is 1.92. The molecule has 2 aliphatic carbocycles. The van der Waals surface area contributed by atoms with Crippen molar-refractivity contribution in [2.45, 2.75) is 51.0 Å². The topological polar surface area (TPSA) is 12.0 Å². The molecule has 94 valence electrons. The fourth-order valence-electron chi connectivity index (χ4n) is 3.08. The zero-order chi connectivity index (χ0) is 11.5. The first-order chi connectivity index (χ1) is 8.43. The summed E-state index contributed by atoms with van der Waals surface area (Å²) in [6, 6.07) is 5.16. The van der Waals surface area contributed by atoms with Crippen molar-refractivity contribution in [3.05, 3.63) is 22.4 Å². The van der Waals surface area contributed by atoms with E-state index < -0.39 is 0 Å². The fraction of sp³-hybridized carbons (Fsp3) is 0.733. The summed E-state index contributed by atoms with van der Waals surface area (Å²) in [5.41, 5.74) is 0. The Morgan fingerprint density at radius 3 is 2.65 bits per heavy atom. The van der Waals surface area contributed by atoms with Gasteiger partial charge in [0.2, 0.25) is 0 Å². The standard InChI is InChI=1S/C15H23NS/c1-2-5-12(6-3-1)11-16-15(13-8-9-13)14-7-4-10-17-14/h4,7,10,12-13,15-16H,1-3,5-6,8-9,11H2. The van der Waals surface area contributed by atoms with Crippen LogP contribution in [0.25, 0.3) is 0 Å². The molecule has 1 nitrogen and oxygen atoms in total. The molecule has 0 radical (unpaired) electrons. The van der Waals surface area contributed by atoms with Crippen LogP contribution < -0.4 is 5.32 Å². The van der Waals surface area contributed by atoms with Crippen LogP contribution in [0.2, 0.25) is 0 Å². The van der Waals surface area contributed by atoms with Gasteiger partial charge in [-0.15, -0.1) is 11.3 Å². The maximum Gasteiger partial charge on any atom is 0.0443 e. The first kappa shape index (κ1) is 11.7. The molecule has 1 heterocycles. The normalized spacial score (nSPS) is 23.8. The van der Waals surface area contributed by atoms with Crippen molar-refractivity contribution in [1.82, 2.24) is 5.32 Å². The minimum Gasteiger partial charge on any atom is -0.309 e. The molecule has 1 aromatic rings. The highest BCUT2D eigenvalue weighted by molar-refractivity contribution is 7.10. The molecule has 0 aromatic carbocycles. The van der Waals surface area contributed by atoms with E-state index in [0.29, 0.717) is 6.04 Å². The van der Waals surface area contributed by atoms with Crippen molar-refractivity contribution in [2.75, 3.05) is 6.54 Å². The first-order valence-corrected chi connectivity index (χ1v) is 8.08. The van der Waals surface area contributed by atoms with Crippen LogP contribution in [0.3, 0.4) is 0 Å². The van der Waals surface area contributed by atoms with Crippen molar-refractivity contribution in [3.8, 4) is 0 Å². The van der Waals surface area contributed by atoms with E-state index in [2.05, 4.69) is 22.8 Å². The van der Waals surface area contributed by atoms with Gasteiger partial charge in [0.1, 0.15) is 0 Å². The molecule has 3 rings (SSSR count). The van der Waals surface area contributed by atoms with E-state index in [-0.39, 0.29) is 0 Å². The Balaban J connectivity index is 1.54. The highest BCUT2D eigenvalue weighted by Gasteiger charge is 2.32. The van der Waals surface area contributed by atoms with Crippen LogP contribution in [-0.2, 0) is 0 Å². The van der Waals surface area contributed by atoms with E-state index in [0.717, 1.165) is 11.8 Å². The third-order valence-corrected chi connectivity index (χ3v) is 5.25. The second kappa shape index (κ2) is 5.53. The molecule has 0 bridgehead atoms. The molecule has 1 aromatic heterocycles. The van der Waals surface area contributed by atoms with Crippen molar-refractivity contribution in [2.24, 2.45) is 11.8 Å². The van der Waals surface area contributed by atoms with E-state index in [1.54, 1.807) is 4.88 Å². The molecule has 17 heavy (non-hydrogen) atoms. The lowest BCUT2D eigenvalue weighted by molar-refractivity contribution is 0.321. The van der Waals surface area contributed by atoms with Crippen LogP contribution in [0.1, 0.15) is 55.9 Å². The predicted octanol–water partition coefficient (Wildman–Crippen LogP) is 4.37. The molecule has 1 atom stereocenters. The lowest BCUT2D eigenvalue weighted by Crippen LogP contribution is -2.29. The number of nitrogens with one attached hydrogen (secondary N) is 1. The van der Waals surface area contributed by atoms with Gasteiger partial charge < -0.3 is 5.32 Å². The van der Waals surface area contributed by atoms with Crippen LogP contribution in [0, 0.1) is 11.8 Å². The van der Waals surface area contributed by atoms with Crippen LogP contribution in [0.15, 0.2) is 17.5 Å². The van der Waals surface area contributed by atoms with E-state index in [4.69, 9.17) is 0 Å². The minimum atomic E-state index is 0.664. The Hall–Kier alpha value is -0.340. The minimum absolute atomic E-state index is 0.664. The van der Waals surface area contributed by atoms with E-state index in [9.17, 15) is 0 Å². The van der Waals surface area contributed by atoms with Crippen molar-refractivity contribution in [1.29, 1.82) is 0 Å². The third-order valence-electron chi connectivity index (χ3n) is 4.29. The van der Waals surface area contributed by atoms with Crippen molar-refractivity contribution in [3.63, 3.8) is 0 Å². The Bertz CT molecular complexity index is 323. The van der Waals surface area contributed by atoms with Crippen LogP contribution in [0.5, 0.6) is 0 Å². The molecule has 0 spiro atoms. The van der Waals surface area contributed by atoms with Gasteiger partial charge in [-0.05, 0) is 55.5 Å². The summed E-state index contributed by atoms with van der Waals surface area (Å²) < 4.78 is 0. The lowest BCUT2D eigenvalue weighted by atomic mass is 9.89. The lowest BCUT2D eigenvalue weighted by Gasteiger charge is -2.25. The highest BCUT2D eigenvalue weighted by Crippen LogP contribution is 2.42. The molecule has 2 heteroatoms. The van der Waals surface area contributed by atoms with Gasteiger partial charge in [-0.2, -0.15) is 0 Å². The van der Waals surface area contributed by atoms with Crippen molar-refractivity contribution >= 4 is 11.3 Å². The Morgan fingerprint density at radius 2 is 2.00 bits per heavy atom. The van der Waals surface area contributed by atoms with Gasteiger partial charge in [0.25, 0.3) is 0 Å². The monoisotopic (exact) mass is 249 g/mol. The van der Waals surface area contributed by atoms with Gasteiger partial charge in [0, 0.05) is 10.9 Å².